The van der Waals surface area contributed by atoms with Crippen molar-refractivity contribution < 1.29 is 5.11 Å². The molecule has 0 aliphatic heterocycles. The standard InChI is InChI=1S/C7H15NO/c1-5-2-3-6(8)4-7(5)9/h5-7,9H,2-4,8H2,1H3/t5-,6?,7?/m0/s1. The summed E-state index contributed by atoms with van der Waals surface area (Å²) < 4.78 is 0. The molecule has 0 radical (unpaired) electrons. The van der Waals surface area contributed by atoms with Crippen molar-refractivity contribution in [1.29, 1.82) is 0 Å². The zero-order chi connectivity index (χ0) is 6.85. The van der Waals surface area contributed by atoms with Gasteiger partial charge in [-0.05, 0) is 25.2 Å². The zero-order valence-electron chi connectivity index (χ0n) is 5.88. The fourth-order valence-corrected chi connectivity index (χ4v) is 1.33. The summed E-state index contributed by atoms with van der Waals surface area (Å²) in [5.41, 5.74) is 5.63. The second-order valence-electron chi connectivity index (χ2n) is 3.12. The molecule has 0 amide bonds. The summed E-state index contributed by atoms with van der Waals surface area (Å²) in [5.74, 6) is 0.463. The molecule has 9 heavy (non-hydrogen) atoms. The Hall–Kier alpha value is -0.0800. The van der Waals surface area contributed by atoms with Crippen LogP contribution in [0.15, 0.2) is 0 Å². The summed E-state index contributed by atoms with van der Waals surface area (Å²) >= 11 is 0. The van der Waals surface area contributed by atoms with Crippen LogP contribution >= 0.6 is 0 Å². The molecule has 0 aromatic carbocycles. The van der Waals surface area contributed by atoms with Crippen LogP contribution in [-0.2, 0) is 0 Å². The molecule has 2 nitrogen and oxygen atoms in total. The molecule has 54 valence electrons. The molecule has 0 aromatic rings. The van der Waals surface area contributed by atoms with Crippen LogP contribution in [0.3, 0.4) is 0 Å². The summed E-state index contributed by atoms with van der Waals surface area (Å²) in [5, 5.41) is 9.27. The van der Waals surface area contributed by atoms with Crippen LogP contribution in [0.25, 0.3) is 0 Å². The van der Waals surface area contributed by atoms with E-state index in [9.17, 15) is 5.11 Å². The third kappa shape index (κ3) is 1.66. The molecule has 1 rings (SSSR count). The molecule has 0 saturated heterocycles. The van der Waals surface area contributed by atoms with E-state index < -0.39 is 0 Å². The first-order valence-corrected chi connectivity index (χ1v) is 3.64. The Morgan fingerprint density at radius 3 is 2.56 bits per heavy atom. The van der Waals surface area contributed by atoms with Gasteiger partial charge in [-0.2, -0.15) is 0 Å². The highest BCUT2D eigenvalue weighted by Gasteiger charge is 2.22. The Labute approximate surface area is 56.1 Å². The fourth-order valence-electron chi connectivity index (χ4n) is 1.33. The average molecular weight is 129 g/mol. The van der Waals surface area contributed by atoms with E-state index in [-0.39, 0.29) is 12.1 Å². The molecule has 2 heteroatoms. The lowest BCUT2D eigenvalue weighted by atomic mass is 9.85. The van der Waals surface area contributed by atoms with Crippen molar-refractivity contribution in [2.75, 3.05) is 0 Å². The van der Waals surface area contributed by atoms with Gasteiger partial charge in [-0.3, -0.25) is 0 Å². The maximum Gasteiger partial charge on any atom is 0.0580 e. The van der Waals surface area contributed by atoms with Crippen LogP contribution in [0.4, 0.5) is 0 Å². The van der Waals surface area contributed by atoms with E-state index in [4.69, 9.17) is 5.73 Å². The second-order valence-corrected chi connectivity index (χ2v) is 3.12. The van der Waals surface area contributed by atoms with Gasteiger partial charge in [0.2, 0.25) is 0 Å². The van der Waals surface area contributed by atoms with Crippen LogP contribution in [0.2, 0.25) is 0 Å². The Kier molecular flexibility index (Phi) is 2.09. The summed E-state index contributed by atoms with van der Waals surface area (Å²) in [4.78, 5) is 0. The SMILES string of the molecule is C[C@H]1CCC(N)CC1O. The topological polar surface area (TPSA) is 46.2 Å². The lowest BCUT2D eigenvalue weighted by molar-refractivity contribution is 0.0708. The Morgan fingerprint density at radius 2 is 2.11 bits per heavy atom. The van der Waals surface area contributed by atoms with Crippen molar-refractivity contribution in [3.63, 3.8) is 0 Å². The van der Waals surface area contributed by atoms with Gasteiger partial charge in [0.05, 0.1) is 6.10 Å². The zero-order valence-corrected chi connectivity index (χ0v) is 5.88. The molecular weight excluding hydrogens is 114 g/mol. The number of hydrogen-bond acceptors (Lipinski definition) is 2. The molecule has 1 saturated carbocycles. The maximum atomic E-state index is 9.27. The van der Waals surface area contributed by atoms with Crippen molar-refractivity contribution in [3.05, 3.63) is 0 Å². The van der Waals surface area contributed by atoms with E-state index in [1.807, 2.05) is 0 Å². The summed E-state index contributed by atoms with van der Waals surface area (Å²) in [6.45, 7) is 2.08. The molecule has 3 atom stereocenters. The Balaban J connectivity index is 2.35. The molecule has 1 aliphatic carbocycles. The van der Waals surface area contributed by atoms with Crippen molar-refractivity contribution in [1.82, 2.24) is 0 Å². The number of aliphatic hydroxyl groups is 1. The largest absolute Gasteiger partial charge is 0.393 e. The minimum absolute atomic E-state index is 0.145. The van der Waals surface area contributed by atoms with E-state index in [1.165, 1.54) is 0 Å². The van der Waals surface area contributed by atoms with Crippen molar-refractivity contribution in [2.45, 2.75) is 38.3 Å². The second kappa shape index (κ2) is 2.67. The van der Waals surface area contributed by atoms with Crippen molar-refractivity contribution >= 4 is 0 Å². The average Bonchev–Trinajstić information content (AvgIpc) is 1.80. The number of nitrogens with two attached hydrogens (primary N) is 1. The van der Waals surface area contributed by atoms with E-state index >= 15 is 0 Å². The number of aliphatic hydroxyl groups excluding tert-OH is 1. The Morgan fingerprint density at radius 1 is 1.44 bits per heavy atom. The lowest BCUT2D eigenvalue weighted by Crippen LogP contribution is -2.35. The molecule has 3 N–H and O–H groups in total. The first-order chi connectivity index (χ1) is 4.20. The summed E-state index contributed by atoms with van der Waals surface area (Å²) in [7, 11) is 0. The van der Waals surface area contributed by atoms with E-state index in [1.54, 1.807) is 0 Å². The van der Waals surface area contributed by atoms with Gasteiger partial charge in [0, 0.05) is 6.04 Å². The predicted molar refractivity (Wildman–Crippen MR) is 37.0 cm³/mol. The van der Waals surface area contributed by atoms with Crippen LogP contribution in [0, 0.1) is 5.92 Å². The predicted octanol–water partition coefficient (Wildman–Crippen LogP) is 0.495. The molecular formula is C7H15NO. The lowest BCUT2D eigenvalue weighted by Gasteiger charge is -2.28. The van der Waals surface area contributed by atoms with Gasteiger partial charge >= 0.3 is 0 Å². The monoisotopic (exact) mass is 129 g/mol. The van der Waals surface area contributed by atoms with Gasteiger partial charge in [-0.15, -0.1) is 0 Å². The molecule has 0 heterocycles. The third-order valence-electron chi connectivity index (χ3n) is 2.19. The first-order valence-electron chi connectivity index (χ1n) is 3.64. The third-order valence-corrected chi connectivity index (χ3v) is 2.19. The van der Waals surface area contributed by atoms with Crippen molar-refractivity contribution in [3.8, 4) is 0 Å². The van der Waals surface area contributed by atoms with Crippen LogP contribution in [-0.4, -0.2) is 17.3 Å². The quantitative estimate of drug-likeness (QED) is 0.500. The molecule has 1 aliphatic rings. The molecule has 1 fully saturated rings. The van der Waals surface area contributed by atoms with Gasteiger partial charge in [-0.1, -0.05) is 6.92 Å². The first kappa shape index (κ1) is 7.03. The molecule has 0 bridgehead atoms. The summed E-state index contributed by atoms with van der Waals surface area (Å²) in [6, 6.07) is 0.246. The fraction of sp³-hybridized carbons (Fsp3) is 1.00. The van der Waals surface area contributed by atoms with E-state index in [0.717, 1.165) is 19.3 Å². The van der Waals surface area contributed by atoms with Gasteiger partial charge in [0.25, 0.3) is 0 Å². The smallest absolute Gasteiger partial charge is 0.0580 e. The normalized spacial score (nSPS) is 45.0. The highest BCUT2D eigenvalue weighted by atomic mass is 16.3. The van der Waals surface area contributed by atoms with E-state index in [0.29, 0.717) is 5.92 Å². The van der Waals surface area contributed by atoms with Crippen LogP contribution < -0.4 is 5.73 Å². The van der Waals surface area contributed by atoms with Gasteiger partial charge in [-0.25, -0.2) is 0 Å². The minimum Gasteiger partial charge on any atom is -0.393 e. The number of hydrogen-bond donors (Lipinski definition) is 2. The molecule has 0 spiro atoms. The maximum absolute atomic E-state index is 9.27. The van der Waals surface area contributed by atoms with Gasteiger partial charge in [0.15, 0.2) is 0 Å². The highest BCUT2D eigenvalue weighted by molar-refractivity contribution is 4.78. The number of rotatable bonds is 0. The van der Waals surface area contributed by atoms with Gasteiger partial charge in [0.1, 0.15) is 0 Å². The Bertz CT molecular complexity index is 94.9. The highest BCUT2D eigenvalue weighted by Crippen LogP contribution is 2.22. The van der Waals surface area contributed by atoms with E-state index in [2.05, 4.69) is 6.92 Å². The van der Waals surface area contributed by atoms with Crippen LogP contribution in [0.1, 0.15) is 26.2 Å². The minimum atomic E-state index is -0.145. The molecule has 0 aromatic heterocycles. The van der Waals surface area contributed by atoms with Crippen LogP contribution in [0.5, 0.6) is 0 Å². The molecule has 2 unspecified atom stereocenters. The van der Waals surface area contributed by atoms with Crippen molar-refractivity contribution in [2.24, 2.45) is 11.7 Å². The van der Waals surface area contributed by atoms with Gasteiger partial charge < -0.3 is 10.8 Å². The summed E-state index contributed by atoms with van der Waals surface area (Å²) in [6.07, 6.45) is 2.82.